The van der Waals surface area contributed by atoms with Gasteiger partial charge in [0.1, 0.15) is 5.82 Å². The maximum Gasteiger partial charge on any atom is 0.128 e. The number of rotatable bonds is 7. The molecule has 1 aromatic rings. The highest BCUT2D eigenvalue weighted by Crippen LogP contribution is 2.30. The van der Waals surface area contributed by atoms with Crippen molar-refractivity contribution in [2.75, 3.05) is 30.5 Å². The summed E-state index contributed by atoms with van der Waals surface area (Å²) in [6.45, 7) is 15.8. The van der Waals surface area contributed by atoms with Crippen molar-refractivity contribution in [3.8, 4) is 0 Å². The molecule has 1 aromatic heterocycles. The second-order valence-electron chi connectivity index (χ2n) is 7.28. The van der Waals surface area contributed by atoms with Gasteiger partial charge in [0.25, 0.3) is 0 Å². The Hall–Kier alpha value is -2.30. The standard InChI is InChI=1S/C22H35N5.C2H6/c1-8-10-21(16(3)23-6)17(4)25-26(7)20-11-12-22(24-15-20)27-14-13-19(9-2)18(27)5;1-2/h8,10-12,15,18-19,25H,9,13-14H2,1-7H3;1-2H3/b10-8-,21-17+,23-16?;. The van der Waals surface area contributed by atoms with E-state index in [1.807, 2.05) is 59.1 Å². The Balaban J connectivity index is 0.00000204. The molecule has 1 N–H and O–H groups in total. The van der Waals surface area contributed by atoms with Gasteiger partial charge >= 0.3 is 0 Å². The summed E-state index contributed by atoms with van der Waals surface area (Å²) in [4.78, 5) is 11.5. The molecule has 1 saturated heterocycles. The molecule has 1 fully saturated rings. The Morgan fingerprint density at radius 1 is 1.34 bits per heavy atom. The lowest BCUT2D eigenvalue weighted by atomic mass is 9.99. The minimum atomic E-state index is 0.564. The van der Waals surface area contributed by atoms with Crippen LogP contribution >= 0.6 is 0 Å². The zero-order valence-electron chi connectivity index (χ0n) is 20.0. The fourth-order valence-electron chi connectivity index (χ4n) is 3.80. The van der Waals surface area contributed by atoms with Gasteiger partial charge in [-0.25, -0.2) is 4.98 Å². The number of allylic oxidation sites excluding steroid dienone is 4. The smallest absolute Gasteiger partial charge is 0.128 e. The molecule has 2 atom stereocenters. The van der Waals surface area contributed by atoms with Gasteiger partial charge in [0, 0.05) is 43.7 Å². The van der Waals surface area contributed by atoms with E-state index in [1.54, 1.807) is 0 Å². The molecule has 0 amide bonds. The Kier molecular flexibility index (Phi) is 10.5. The molecule has 2 unspecified atom stereocenters. The summed E-state index contributed by atoms with van der Waals surface area (Å²) in [6.07, 6.45) is 8.56. The lowest BCUT2D eigenvalue weighted by Crippen LogP contribution is -2.34. The molecule has 0 aliphatic carbocycles. The summed E-state index contributed by atoms with van der Waals surface area (Å²) in [5.74, 6) is 1.85. The van der Waals surface area contributed by atoms with Crippen LogP contribution in [-0.2, 0) is 0 Å². The van der Waals surface area contributed by atoms with E-state index < -0.39 is 0 Å². The molecule has 5 nitrogen and oxygen atoms in total. The summed E-state index contributed by atoms with van der Waals surface area (Å²) in [7, 11) is 3.83. The molecule has 1 aliphatic rings. The SMILES string of the molecule is C/C=C\C(C(C)=NC)=C(\C)NN(C)c1ccc(N2CCC(CC)C2C)nc1.CC. The Morgan fingerprint density at radius 3 is 2.52 bits per heavy atom. The molecular formula is C24H41N5. The van der Waals surface area contributed by atoms with Crippen molar-refractivity contribution in [3.63, 3.8) is 0 Å². The van der Waals surface area contributed by atoms with Crippen LogP contribution in [0.25, 0.3) is 0 Å². The fraction of sp³-hybridized carbons (Fsp3) is 0.583. The van der Waals surface area contributed by atoms with Crippen molar-refractivity contribution in [2.45, 2.75) is 67.3 Å². The molecule has 2 rings (SSSR count). The molecule has 162 valence electrons. The van der Waals surface area contributed by atoms with E-state index in [0.29, 0.717) is 6.04 Å². The van der Waals surface area contributed by atoms with Gasteiger partial charge in [-0.15, -0.1) is 0 Å². The summed E-state index contributed by atoms with van der Waals surface area (Å²) in [5.41, 5.74) is 7.64. The van der Waals surface area contributed by atoms with Crippen molar-refractivity contribution in [3.05, 3.63) is 41.8 Å². The van der Waals surface area contributed by atoms with Crippen molar-refractivity contribution in [1.82, 2.24) is 10.4 Å². The lowest BCUT2D eigenvalue weighted by Gasteiger charge is -2.27. The average molecular weight is 400 g/mol. The van der Waals surface area contributed by atoms with Crippen molar-refractivity contribution < 1.29 is 0 Å². The van der Waals surface area contributed by atoms with E-state index in [4.69, 9.17) is 4.98 Å². The Labute approximate surface area is 178 Å². The summed E-state index contributed by atoms with van der Waals surface area (Å²) in [5, 5.41) is 2.00. The number of hydrazine groups is 1. The first-order valence-electron chi connectivity index (χ1n) is 10.9. The number of aliphatic imine (C=N–C) groups is 1. The molecule has 0 saturated carbocycles. The van der Waals surface area contributed by atoms with Crippen molar-refractivity contribution in [2.24, 2.45) is 10.9 Å². The third kappa shape index (κ3) is 6.34. The molecule has 2 heterocycles. The number of nitrogens with zero attached hydrogens (tertiary/aromatic N) is 4. The number of aromatic nitrogens is 1. The second-order valence-corrected chi connectivity index (χ2v) is 7.28. The van der Waals surface area contributed by atoms with Crippen LogP contribution in [0.3, 0.4) is 0 Å². The zero-order chi connectivity index (χ0) is 22.0. The third-order valence-corrected chi connectivity index (χ3v) is 5.65. The predicted octanol–water partition coefficient (Wildman–Crippen LogP) is 5.61. The average Bonchev–Trinajstić information content (AvgIpc) is 3.13. The van der Waals surface area contributed by atoms with E-state index >= 15 is 0 Å². The summed E-state index contributed by atoms with van der Waals surface area (Å²) in [6, 6.07) is 4.83. The van der Waals surface area contributed by atoms with Gasteiger partial charge in [-0.1, -0.05) is 39.3 Å². The van der Waals surface area contributed by atoms with Crippen LogP contribution in [0.1, 0.15) is 61.3 Å². The molecule has 1 aliphatic heterocycles. The normalized spacial score (nSPS) is 20.3. The highest BCUT2D eigenvalue weighted by molar-refractivity contribution is 6.01. The molecule has 0 spiro atoms. The maximum atomic E-state index is 4.73. The molecular weight excluding hydrogens is 358 g/mol. The number of nitrogens with one attached hydrogen (secondary N) is 1. The van der Waals surface area contributed by atoms with Crippen LogP contribution in [0, 0.1) is 5.92 Å². The van der Waals surface area contributed by atoms with Gasteiger partial charge < -0.3 is 10.3 Å². The first-order chi connectivity index (χ1) is 13.9. The number of hydrogen-bond acceptors (Lipinski definition) is 5. The predicted molar refractivity (Wildman–Crippen MR) is 129 cm³/mol. The first kappa shape index (κ1) is 24.7. The topological polar surface area (TPSA) is 43.8 Å². The van der Waals surface area contributed by atoms with Gasteiger partial charge in [0.15, 0.2) is 0 Å². The van der Waals surface area contributed by atoms with Gasteiger partial charge in [-0.3, -0.25) is 10.0 Å². The number of anilines is 2. The van der Waals surface area contributed by atoms with Crippen LogP contribution in [0.5, 0.6) is 0 Å². The van der Waals surface area contributed by atoms with E-state index in [0.717, 1.165) is 40.9 Å². The first-order valence-corrected chi connectivity index (χ1v) is 10.9. The van der Waals surface area contributed by atoms with Crippen LogP contribution in [0.15, 0.2) is 46.7 Å². The molecule has 29 heavy (non-hydrogen) atoms. The minimum absolute atomic E-state index is 0.564. The Bertz CT molecular complexity index is 702. The molecule has 0 radical (unpaired) electrons. The second kappa shape index (κ2) is 12.3. The zero-order valence-corrected chi connectivity index (χ0v) is 20.0. The van der Waals surface area contributed by atoms with Gasteiger partial charge in [0.05, 0.1) is 11.9 Å². The van der Waals surface area contributed by atoms with Crippen molar-refractivity contribution >= 4 is 17.2 Å². The molecule has 0 bridgehead atoms. The highest BCUT2D eigenvalue weighted by Gasteiger charge is 2.30. The maximum absolute atomic E-state index is 4.73. The van der Waals surface area contributed by atoms with E-state index in [-0.39, 0.29) is 0 Å². The summed E-state index contributed by atoms with van der Waals surface area (Å²) >= 11 is 0. The Morgan fingerprint density at radius 2 is 2.03 bits per heavy atom. The quantitative estimate of drug-likeness (QED) is 0.367. The minimum Gasteiger partial charge on any atom is -0.354 e. The van der Waals surface area contributed by atoms with Crippen LogP contribution in [-0.4, -0.2) is 37.4 Å². The number of hydrogen-bond donors (Lipinski definition) is 1. The highest BCUT2D eigenvalue weighted by atomic mass is 15.5. The lowest BCUT2D eigenvalue weighted by molar-refractivity contribution is 0.481. The van der Waals surface area contributed by atoms with Gasteiger partial charge in [-0.05, 0) is 52.2 Å². The molecule has 0 aromatic carbocycles. The van der Waals surface area contributed by atoms with E-state index in [9.17, 15) is 0 Å². The fourth-order valence-corrected chi connectivity index (χ4v) is 3.80. The van der Waals surface area contributed by atoms with Crippen LogP contribution < -0.4 is 15.3 Å². The third-order valence-electron chi connectivity index (χ3n) is 5.65. The largest absolute Gasteiger partial charge is 0.354 e. The van der Waals surface area contributed by atoms with Crippen LogP contribution in [0.2, 0.25) is 0 Å². The van der Waals surface area contributed by atoms with Gasteiger partial charge in [-0.2, -0.15) is 0 Å². The number of pyridine rings is 1. The monoisotopic (exact) mass is 399 g/mol. The molecule has 5 heteroatoms. The summed E-state index contributed by atoms with van der Waals surface area (Å²) < 4.78 is 0. The van der Waals surface area contributed by atoms with Crippen LogP contribution in [0.4, 0.5) is 11.5 Å². The van der Waals surface area contributed by atoms with E-state index in [2.05, 4.69) is 54.3 Å². The van der Waals surface area contributed by atoms with Crippen molar-refractivity contribution in [1.29, 1.82) is 0 Å². The van der Waals surface area contributed by atoms with Gasteiger partial charge in [0.2, 0.25) is 0 Å². The van der Waals surface area contributed by atoms with E-state index in [1.165, 1.54) is 12.8 Å².